The van der Waals surface area contributed by atoms with Gasteiger partial charge in [-0.05, 0) is 44.4 Å². The van der Waals surface area contributed by atoms with E-state index >= 15 is 0 Å². The number of aromatic amines is 1. The molecule has 0 aliphatic carbocycles. The van der Waals surface area contributed by atoms with Gasteiger partial charge >= 0.3 is 0 Å². The summed E-state index contributed by atoms with van der Waals surface area (Å²) < 4.78 is 2.15. The molecule has 22 heavy (non-hydrogen) atoms. The third-order valence-electron chi connectivity index (χ3n) is 4.26. The van der Waals surface area contributed by atoms with Crippen LogP contribution in [0.15, 0.2) is 18.5 Å². The van der Waals surface area contributed by atoms with E-state index in [0.29, 0.717) is 0 Å². The van der Waals surface area contributed by atoms with Crippen LogP contribution in [0.5, 0.6) is 0 Å². The summed E-state index contributed by atoms with van der Waals surface area (Å²) in [5.74, 6) is 0. The smallest absolute Gasteiger partial charge is 0.0689 e. The monoisotopic (exact) mass is 299 g/mol. The predicted octanol–water partition coefficient (Wildman–Crippen LogP) is 3.33. The molecule has 2 heterocycles. The first kappa shape index (κ1) is 16.6. The van der Waals surface area contributed by atoms with E-state index < -0.39 is 0 Å². The Hall–Kier alpha value is -1.77. The van der Waals surface area contributed by atoms with E-state index in [1.165, 1.54) is 24.1 Å². The van der Waals surface area contributed by atoms with Crippen LogP contribution < -0.4 is 10.6 Å². The molecule has 3 nitrogen and oxygen atoms in total. The number of nitrogens with zero attached hydrogens (tertiary/aromatic N) is 2. The third-order valence-corrected chi connectivity index (χ3v) is 4.26. The standard InChI is InChI=1S/C19H29N3/c1-6-8-11-19(4,5)22-18(15(3)14-21-22)13-16-10-12-20-17(16)9-7-2/h10,12-14,20H,3,6-9,11H2,1-2,4-5H3/b18-13+. The lowest BCUT2D eigenvalue weighted by Gasteiger charge is -2.25. The van der Waals surface area contributed by atoms with Gasteiger partial charge in [0.15, 0.2) is 0 Å². The molecule has 0 atom stereocenters. The zero-order valence-electron chi connectivity index (χ0n) is 14.4. The molecule has 0 aliphatic heterocycles. The van der Waals surface area contributed by atoms with Crippen LogP contribution in [0.1, 0.15) is 64.6 Å². The summed E-state index contributed by atoms with van der Waals surface area (Å²) in [6.07, 6.45) is 11.9. The molecule has 1 N–H and O–H groups in total. The molecule has 0 unspecified atom stereocenters. The predicted molar refractivity (Wildman–Crippen MR) is 94.2 cm³/mol. The number of nitrogens with one attached hydrogen (secondary N) is 1. The summed E-state index contributed by atoms with van der Waals surface area (Å²) >= 11 is 0. The summed E-state index contributed by atoms with van der Waals surface area (Å²) in [5.41, 5.74) is 2.56. The van der Waals surface area contributed by atoms with E-state index in [4.69, 9.17) is 0 Å². The van der Waals surface area contributed by atoms with Gasteiger partial charge in [-0.3, -0.25) is 4.68 Å². The maximum absolute atomic E-state index is 4.61. The van der Waals surface area contributed by atoms with Crippen molar-refractivity contribution in [2.24, 2.45) is 0 Å². The first-order valence-electron chi connectivity index (χ1n) is 8.41. The lowest BCUT2D eigenvalue weighted by atomic mass is 9.97. The van der Waals surface area contributed by atoms with Crippen LogP contribution in [0, 0.1) is 0 Å². The number of unbranched alkanes of at least 4 members (excludes halogenated alkanes) is 1. The molecule has 0 saturated carbocycles. The minimum atomic E-state index is 0.0129. The summed E-state index contributed by atoms with van der Waals surface area (Å²) in [6, 6.07) is 2.14. The molecular weight excluding hydrogens is 270 g/mol. The molecule has 0 radical (unpaired) electrons. The Balaban J connectivity index is 2.47. The minimum absolute atomic E-state index is 0.0129. The average Bonchev–Trinajstić information content (AvgIpc) is 3.06. The zero-order valence-corrected chi connectivity index (χ0v) is 14.4. The maximum Gasteiger partial charge on any atom is 0.0689 e. The third kappa shape index (κ3) is 3.52. The van der Waals surface area contributed by atoms with Crippen molar-refractivity contribution in [2.75, 3.05) is 0 Å². The molecule has 0 fully saturated rings. The first-order valence-corrected chi connectivity index (χ1v) is 8.41. The Kier molecular flexibility index (Phi) is 5.28. The molecule has 0 aromatic carbocycles. The first-order chi connectivity index (χ1) is 10.5. The number of aryl methyl sites for hydroxylation is 1. The van der Waals surface area contributed by atoms with Crippen LogP contribution >= 0.6 is 0 Å². The fourth-order valence-electron chi connectivity index (χ4n) is 2.91. The van der Waals surface area contributed by atoms with Crippen molar-refractivity contribution in [3.8, 4) is 0 Å². The molecule has 2 aromatic rings. The van der Waals surface area contributed by atoms with Gasteiger partial charge < -0.3 is 4.98 Å². The van der Waals surface area contributed by atoms with Crippen molar-refractivity contribution in [2.45, 2.75) is 65.3 Å². The van der Waals surface area contributed by atoms with Crippen LogP contribution in [0.25, 0.3) is 12.7 Å². The van der Waals surface area contributed by atoms with Crippen LogP contribution in [0.2, 0.25) is 0 Å². The van der Waals surface area contributed by atoms with Crippen LogP contribution in [-0.2, 0) is 12.0 Å². The van der Waals surface area contributed by atoms with Crippen molar-refractivity contribution >= 4 is 12.7 Å². The van der Waals surface area contributed by atoms with Crippen molar-refractivity contribution in [3.63, 3.8) is 0 Å². The van der Waals surface area contributed by atoms with E-state index in [1.54, 1.807) is 0 Å². The van der Waals surface area contributed by atoms with E-state index in [1.807, 2.05) is 12.4 Å². The number of hydrogen-bond donors (Lipinski definition) is 1. The number of aromatic nitrogens is 3. The summed E-state index contributed by atoms with van der Waals surface area (Å²) in [6.45, 7) is 13.1. The summed E-state index contributed by atoms with van der Waals surface area (Å²) in [4.78, 5) is 3.35. The van der Waals surface area contributed by atoms with Crippen molar-refractivity contribution < 1.29 is 0 Å². The maximum atomic E-state index is 4.61. The van der Waals surface area contributed by atoms with Gasteiger partial charge in [0.05, 0.1) is 17.1 Å². The van der Waals surface area contributed by atoms with Crippen LogP contribution in [-0.4, -0.2) is 14.8 Å². The van der Waals surface area contributed by atoms with E-state index in [-0.39, 0.29) is 5.54 Å². The topological polar surface area (TPSA) is 33.6 Å². The zero-order chi connectivity index (χ0) is 16.2. The summed E-state index contributed by atoms with van der Waals surface area (Å²) in [7, 11) is 0. The Labute approximate surface area is 133 Å². The molecule has 0 bridgehead atoms. The lowest BCUT2D eigenvalue weighted by Crippen LogP contribution is -2.40. The van der Waals surface area contributed by atoms with E-state index in [0.717, 1.165) is 29.8 Å². The largest absolute Gasteiger partial charge is 0.364 e. The van der Waals surface area contributed by atoms with Gasteiger partial charge in [0.2, 0.25) is 0 Å². The van der Waals surface area contributed by atoms with Crippen LogP contribution in [0.3, 0.4) is 0 Å². The lowest BCUT2D eigenvalue weighted by molar-refractivity contribution is 0.280. The fraction of sp³-hybridized carbons (Fsp3) is 0.526. The van der Waals surface area contributed by atoms with Gasteiger partial charge in [-0.1, -0.05) is 39.7 Å². The number of rotatable bonds is 7. The van der Waals surface area contributed by atoms with E-state index in [9.17, 15) is 0 Å². The highest BCUT2D eigenvalue weighted by Gasteiger charge is 2.21. The van der Waals surface area contributed by atoms with Crippen molar-refractivity contribution in [3.05, 3.63) is 40.3 Å². The SMILES string of the molecule is C=c1cnn(C(C)(C)CCCC)/c1=C/c1cc[nH]c1CCC. The van der Waals surface area contributed by atoms with Gasteiger partial charge in [0.1, 0.15) is 0 Å². The van der Waals surface area contributed by atoms with Gasteiger partial charge in [0, 0.05) is 17.1 Å². The molecule has 0 amide bonds. The van der Waals surface area contributed by atoms with Crippen molar-refractivity contribution in [1.82, 2.24) is 14.8 Å². The number of hydrogen-bond acceptors (Lipinski definition) is 1. The second-order valence-corrected chi connectivity index (χ2v) is 6.69. The van der Waals surface area contributed by atoms with Gasteiger partial charge in [-0.15, -0.1) is 0 Å². The second kappa shape index (κ2) is 6.99. The van der Waals surface area contributed by atoms with E-state index in [2.05, 4.69) is 61.2 Å². The number of H-pyrrole nitrogens is 1. The molecule has 0 aliphatic rings. The second-order valence-electron chi connectivity index (χ2n) is 6.69. The Morgan fingerprint density at radius 3 is 2.77 bits per heavy atom. The summed E-state index contributed by atoms with van der Waals surface area (Å²) in [5, 5.41) is 6.73. The Morgan fingerprint density at radius 1 is 1.32 bits per heavy atom. The molecule has 120 valence electrons. The van der Waals surface area contributed by atoms with Gasteiger partial charge in [0.25, 0.3) is 0 Å². The minimum Gasteiger partial charge on any atom is -0.364 e. The van der Waals surface area contributed by atoms with Crippen LogP contribution in [0.4, 0.5) is 0 Å². The molecule has 2 aromatic heterocycles. The fourth-order valence-corrected chi connectivity index (χ4v) is 2.91. The highest BCUT2D eigenvalue weighted by Crippen LogP contribution is 2.19. The Bertz CT molecular complexity index is 703. The normalized spacial score (nSPS) is 13.0. The molecule has 2 rings (SSSR count). The van der Waals surface area contributed by atoms with Gasteiger partial charge in [-0.25, -0.2) is 0 Å². The molecule has 3 heteroatoms. The molecule has 0 saturated heterocycles. The molecule has 0 spiro atoms. The quantitative estimate of drug-likeness (QED) is 0.836. The molecular formula is C19H29N3. The average molecular weight is 299 g/mol. The Morgan fingerprint density at radius 2 is 2.09 bits per heavy atom. The van der Waals surface area contributed by atoms with Gasteiger partial charge in [-0.2, -0.15) is 5.10 Å². The highest BCUT2D eigenvalue weighted by atomic mass is 15.3. The highest BCUT2D eigenvalue weighted by molar-refractivity contribution is 5.51. The van der Waals surface area contributed by atoms with Crippen molar-refractivity contribution in [1.29, 1.82) is 0 Å².